The molecule has 16 heavy (non-hydrogen) atoms. The van der Waals surface area contributed by atoms with Crippen LogP contribution in [0.5, 0.6) is 0 Å². The Balaban J connectivity index is 3.44. The molecule has 0 aromatic rings. The second-order valence-electron chi connectivity index (χ2n) is 3.67. The zero-order chi connectivity index (χ0) is 12.2. The molecule has 0 heterocycles. The largest absolute Gasteiger partial charge is 0.369 e. The summed E-state index contributed by atoms with van der Waals surface area (Å²) in [6, 6.07) is 0. The van der Waals surface area contributed by atoms with Crippen LogP contribution in [0.1, 0.15) is 25.7 Å². The van der Waals surface area contributed by atoms with Crippen molar-refractivity contribution in [1.29, 1.82) is 0 Å². The van der Waals surface area contributed by atoms with Crippen molar-refractivity contribution in [2.75, 3.05) is 33.4 Å². The van der Waals surface area contributed by atoms with E-state index in [0.29, 0.717) is 32.7 Å². The average Bonchev–Trinajstić information content (AvgIpc) is 2.28. The normalized spacial score (nSPS) is 9.81. The molecule has 1 amide bonds. The highest BCUT2D eigenvalue weighted by Gasteiger charge is 2.07. The van der Waals surface area contributed by atoms with E-state index in [2.05, 4.69) is 5.92 Å². The molecule has 0 unspecified atom stereocenters. The molecule has 0 rings (SSSR count). The Morgan fingerprint density at radius 1 is 1.44 bits per heavy atom. The second-order valence-corrected chi connectivity index (χ2v) is 3.67. The first-order valence-corrected chi connectivity index (χ1v) is 5.67. The minimum absolute atomic E-state index is 0.172. The average molecular weight is 226 g/mol. The van der Waals surface area contributed by atoms with E-state index in [4.69, 9.17) is 16.9 Å². The van der Waals surface area contributed by atoms with Crippen LogP contribution in [-0.2, 0) is 9.53 Å². The summed E-state index contributed by atoms with van der Waals surface area (Å²) in [5.74, 6) is 2.57. The molecule has 0 aromatic heterocycles. The number of terminal acetylenes is 1. The van der Waals surface area contributed by atoms with E-state index >= 15 is 0 Å². The SMILES string of the molecule is C#CCOCCCN(C)C(=O)CCCCN. The van der Waals surface area contributed by atoms with Crippen molar-refractivity contribution in [3.8, 4) is 12.3 Å². The lowest BCUT2D eigenvalue weighted by Crippen LogP contribution is -2.28. The second kappa shape index (κ2) is 10.5. The molecule has 0 spiro atoms. The molecule has 0 fully saturated rings. The number of rotatable bonds is 9. The fraction of sp³-hybridized carbons (Fsp3) is 0.750. The van der Waals surface area contributed by atoms with E-state index in [9.17, 15) is 4.79 Å². The van der Waals surface area contributed by atoms with Gasteiger partial charge in [0.15, 0.2) is 0 Å². The van der Waals surface area contributed by atoms with Crippen LogP contribution in [0.3, 0.4) is 0 Å². The Labute approximate surface area is 98.1 Å². The molecule has 2 N–H and O–H groups in total. The number of nitrogens with two attached hydrogens (primary N) is 1. The lowest BCUT2D eigenvalue weighted by molar-refractivity contribution is -0.130. The Bertz CT molecular complexity index is 224. The molecule has 0 atom stereocenters. The summed E-state index contributed by atoms with van der Waals surface area (Å²) in [7, 11) is 1.81. The molecule has 0 aliphatic heterocycles. The third-order valence-electron chi connectivity index (χ3n) is 2.24. The Kier molecular flexibility index (Phi) is 9.78. The fourth-order valence-electron chi connectivity index (χ4n) is 1.27. The highest BCUT2D eigenvalue weighted by molar-refractivity contribution is 5.75. The van der Waals surface area contributed by atoms with Crippen molar-refractivity contribution < 1.29 is 9.53 Å². The van der Waals surface area contributed by atoms with Crippen LogP contribution in [0.15, 0.2) is 0 Å². The van der Waals surface area contributed by atoms with Crippen LogP contribution in [0.4, 0.5) is 0 Å². The summed E-state index contributed by atoms with van der Waals surface area (Å²) >= 11 is 0. The van der Waals surface area contributed by atoms with E-state index in [1.165, 1.54) is 0 Å². The topological polar surface area (TPSA) is 55.6 Å². The van der Waals surface area contributed by atoms with E-state index < -0.39 is 0 Å². The lowest BCUT2D eigenvalue weighted by Gasteiger charge is -2.16. The number of ether oxygens (including phenoxy) is 1. The van der Waals surface area contributed by atoms with Gasteiger partial charge in [0.05, 0.1) is 0 Å². The number of hydrogen-bond donors (Lipinski definition) is 1. The molecule has 0 saturated carbocycles. The molecule has 0 radical (unpaired) electrons. The molecule has 0 aliphatic rings. The van der Waals surface area contributed by atoms with Crippen LogP contribution in [0.25, 0.3) is 0 Å². The molecule has 92 valence electrons. The smallest absolute Gasteiger partial charge is 0.222 e. The van der Waals surface area contributed by atoms with Crippen LogP contribution in [0.2, 0.25) is 0 Å². The Morgan fingerprint density at radius 2 is 2.19 bits per heavy atom. The summed E-state index contributed by atoms with van der Waals surface area (Å²) < 4.78 is 5.12. The zero-order valence-electron chi connectivity index (χ0n) is 10.1. The molecular weight excluding hydrogens is 204 g/mol. The summed E-state index contributed by atoms with van der Waals surface area (Å²) in [6.45, 7) is 2.31. The quantitative estimate of drug-likeness (QED) is 0.463. The number of nitrogens with zero attached hydrogens (tertiary/aromatic N) is 1. The summed E-state index contributed by atoms with van der Waals surface area (Å²) in [6.07, 6.45) is 8.22. The van der Waals surface area contributed by atoms with Crippen molar-refractivity contribution in [3.63, 3.8) is 0 Å². The van der Waals surface area contributed by atoms with Gasteiger partial charge in [0.2, 0.25) is 5.91 Å². The standard InChI is InChI=1S/C12H22N2O2/c1-3-10-16-11-6-9-14(2)12(15)7-4-5-8-13/h1H,4-11,13H2,2H3. The van der Waals surface area contributed by atoms with Crippen molar-refractivity contribution in [2.45, 2.75) is 25.7 Å². The highest BCUT2D eigenvalue weighted by atomic mass is 16.5. The number of unbranched alkanes of at least 4 members (excludes halogenated alkanes) is 1. The molecule has 0 aliphatic carbocycles. The van der Waals surface area contributed by atoms with Crippen molar-refractivity contribution in [3.05, 3.63) is 0 Å². The fourth-order valence-corrected chi connectivity index (χ4v) is 1.27. The van der Waals surface area contributed by atoms with E-state index in [1.54, 1.807) is 4.90 Å². The van der Waals surface area contributed by atoms with Gasteiger partial charge >= 0.3 is 0 Å². The minimum atomic E-state index is 0.172. The third-order valence-corrected chi connectivity index (χ3v) is 2.24. The number of carbonyl (C=O) groups is 1. The van der Waals surface area contributed by atoms with E-state index in [-0.39, 0.29) is 5.91 Å². The molecule has 0 bridgehead atoms. The summed E-state index contributed by atoms with van der Waals surface area (Å²) in [4.78, 5) is 13.3. The first-order chi connectivity index (χ1) is 7.72. The predicted molar refractivity (Wildman–Crippen MR) is 64.8 cm³/mol. The minimum Gasteiger partial charge on any atom is -0.369 e. The van der Waals surface area contributed by atoms with Gasteiger partial charge in [-0.1, -0.05) is 5.92 Å². The van der Waals surface area contributed by atoms with Crippen molar-refractivity contribution in [2.24, 2.45) is 5.73 Å². The van der Waals surface area contributed by atoms with E-state index in [1.807, 2.05) is 7.05 Å². The molecule has 4 heteroatoms. The van der Waals surface area contributed by atoms with E-state index in [0.717, 1.165) is 19.3 Å². The van der Waals surface area contributed by atoms with Gasteiger partial charge in [-0.15, -0.1) is 6.42 Å². The Morgan fingerprint density at radius 3 is 2.81 bits per heavy atom. The van der Waals surface area contributed by atoms with Gasteiger partial charge in [-0.25, -0.2) is 0 Å². The van der Waals surface area contributed by atoms with Gasteiger partial charge in [0.1, 0.15) is 6.61 Å². The van der Waals surface area contributed by atoms with Crippen LogP contribution in [-0.4, -0.2) is 44.2 Å². The summed E-state index contributed by atoms with van der Waals surface area (Å²) in [5, 5.41) is 0. The van der Waals surface area contributed by atoms with Crippen LogP contribution < -0.4 is 5.73 Å². The van der Waals surface area contributed by atoms with Gasteiger partial charge < -0.3 is 15.4 Å². The number of carbonyl (C=O) groups excluding carboxylic acids is 1. The number of amides is 1. The van der Waals surface area contributed by atoms with Gasteiger partial charge in [-0.05, 0) is 25.8 Å². The maximum atomic E-state index is 11.5. The summed E-state index contributed by atoms with van der Waals surface area (Å²) in [5.41, 5.74) is 5.36. The Hall–Kier alpha value is -1.05. The monoisotopic (exact) mass is 226 g/mol. The van der Waals surface area contributed by atoms with Crippen LogP contribution in [0, 0.1) is 12.3 Å². The first-order valence-electron chi connectivity index (χ1n) is 5.67. The zero-order valence-corrected chi connectivity index (χ0v) is 10.1. The van der Waals surface area contributed by atoms with Gasteiger partial charge in [-0.2, -0.15) is 0 Å². The molecule has 4 nitrogen and oxygen atoms in total. The highest BCUT2D eigenvalue weighted by Crippen LogP contribution is 1.99. The molecular formula is C12H22N2O2. The van der Waals surface area contributed by atoms with Gasteiger partial charge in [-0.3, -0.25) is 4.79 Å². The number of hydrogen-bond acceptors (Lipinski definition) is 3. The van der Waals surface area contributed by atoms with Gasteiger partial charge in [0.25, 0.3) is 0 Å². The van der Waals surface area contributed by atoms with Gasteiger partial charge in [0, 0.05) is 26.6 Å². The molecule has 0 saturated heterocycles. The third kappa shape index (κ3) is 8.27. The van der Waals surface area contributed by atoms with Crippen molar-refractivity contribution >= 4 is 5.91 Å². The maximum Gasteiger partial charge on any atom is 0.222 e. The lowest BCUT2D eigenvalue weighted by atomic mass is 10.2. The molecule has 0 aromatic carbocycles. The first kappa shape index (κ1) is 14.9. The maximum absolute atomic E-state index is 11.5. The predicted octanol–water partition coefficient (Wildman–Crippen LogP) is 0.614. The van der Waals surface area contributed by atoms with Crippen LogP contribution >= 0.6 is 0 Å². The van der Waals surface area contributed by atoms with Crippen molar-refractivity contribution in [1.82, 2.24) is 4.90 Å².